The SMILES string of the molecule is Nc1nc2cccc(Cl)c2n1-c1cc(F)c(F)cc1F. The second-order valence-electron chi connectivity index (χ2n) is 4.13. The highest BCUT2D eigenvalue weighted by Crippen LogP contribution is 2.30. The third kappa shape index (κ3) is 1.80. The molecule has 102 valence electrons. The fraction of sp³-hybridized carbons (Fsp3) is 0. The number of imidazole rings is 1. The highest BCUT2D eigenvalue weighted by atomic mass is 35.5. The van der Waals surface area contributed by atoms with E-state index < -0.39 is 17.5 Å². The van der Waals surface area contributed by atoms with Crippen LogP contribution in [0, 0.1) is 17.5 Å². The van der Waals surface area contributed by atoms with E-state index in [9.17, 15) is 13.2 Å². The predicted octanol–water partition coefficient (Wildman–Crippen LogP) is 3.68. The van der Waals surface area contributed by atoms with Crippen LogP contribution in [0.1, 0.15) is 0 Å². The largest absolute Gasteiger partial charge is 0.369 e. The van der Waals surface area contributed by atoms with Crippen molar-refractivity contribution in [2.45, 2.75) is 0 Å². The van der Waals surface area contributed by atoms with Gasteiger partial charge in [0.2, 0.25) is 5.95 Å². The molecule has 0 aliphatic carbocycles. The van der Waals surface area contributed by atoms with Crippen molar-refractivity contribution in [3.05, 3.63) is 52.8 Å². The Morgan fingerprint density at radius 2 is 1.75 bits per heavy atom. The maximum atomic E-state index is 13.9. The predicted molar refractivity (Wildman–Crippen MR) is 70.4 cm³/mol. The lowest BCUT2D eigenvalue weighted by Gasteiger charge is -2.09. The van der Waals surface area contributed by atoms with Crippen molar-refractivity contribution in [3.63, 3.8) is 0 Å². The van der Waals surface area contributed by atoms with Gasteiger partial charge in [-0.15, -0.1) is 0 Å². The van der Waals surface area contributed by atoms with Crippen molar-refractivity contribution in [2.24, 2.45) is 0 Å². The molecule has 0 amide bonds. The minimum atomic E-state index is -1.28. The number of nitrogens with two attached hydrogens (primary N) is 1. The van der Waals surface area contributed by atoms with Gasteiger partial charge in [0.05, 0.1) is 21.7 Å². The summed E-state index contributed by atoms with van der Waals surface area (Å²) in [6, 6.07) is 6.02. The van der Waals surface area contributed by atoms with Crippen molar-refractivity contribution in [1.82, 2.24) is 9.55 Å². The van der Waals surface area contributed by atoms with E-state index in [0.29, 0.717) is 23.2 Å². The molecule has 3 aromatic rings. The number of rotatable bonds is 1. The molecule has 2 aromatic carbocycles. The lowest BCUT2D eigenvalue weighted by Crippen LogP contribution is -2.05. The van der Waals surface area contributed by atoms with Crippen molar-refractivity contribution >= 4 is 28.6 Å². The zero-order valence-electron chi connectivity index (χ0n) is 9.87. The molecule has 7 heteroatoms. The van der Waals surface area contributed by atoms with Crippen molar-refractivity contribution in [1.29, 1.82) is 0 Å². The van der Waals surface area contributed by atoms with Crippen molar-refractivity contribution < 1.29 is 13.2 Å². The third-order valence-corrected chi connectivity index (χ3v) is 3.19. The number of anilines is 1. The lowest BCUT2D eigenvalue weighted by atomic mass is 10.2. The standard InChI is InChI=1S/C13H7ClF3N3/c14-6-2-1-3-10-12(6)20(13(18)19-10)11-5-8(16)7(15)4-9(11)17/h1-5H,(H2,18,19). The second kappa shape index (κ2) is 4.42. The Bertz CT molecular complexity index is 829. The molecule has 3 nitrogen and oxygen atoms in total. The number of nitrogen functional groups attached to an aromatic ring is 1. The highest BCUT2D eigenvalue weighted by molar-refractivity contribution is 6.35. The number of aromatic nitrogens is 2. The van der Waals surface area contributed by atoms with E-state index >= 15 is 0 Å². The topological polar surface area (TPSA) is 43.8 Å². The van der Waals surface area contributed by atoms with E-state index in [4.69, 9.17) is 17.3 Å². The molecule has 0 saturated heterocycles. The van der Waals surface area contributed by atoms with Gasteiger partial charge in [0, 0.05) is 12.1 Å². The van der Waals surface area contributed by atoms with Crippen LogP contribution in [0.4, 0.5) is 19.1 Å². The fourth-order valence-electron chi connectivity index (χ4n) is 2.03. The van der Waals surface area contributed by atoms with Gasteiger partial charge in [0.1, 0.15) is 5.82 Å². The molecule has 0 spiro atoms. The first-order valence-corrected chi connectivity index (χ1v) is 5.94. The number of para-hydroxylation sites is 1. The van der Waals surface area contributed by atoms with Gasteiger partial charge in [-0.05, 0) is 12.1 Å². The number of fused-ring (bicyclic) bond motifs is 1. The number of nitrogens with zero attached hydrogens (tertiary/aromatic N) is 2. The van der Waals surface area contributed by atoms with Gasteiger partial charge in [0.25, 0.3) is 0 Å². The summed E-state index contributed by atoms with van der Waals surface area (Å²) in [5, 5.41) is 0.274. The minimum Gasteiger partial charge on any atom is -0.369 e. The van der Waals surface area contributed by atoms with Crippen LogP contribution in [0.2, 0.25) is 5.02 Å². The molecule has 0 radical (unpaired) electrons. The van der Waals surface area contributed by atoms with Gasteiger partial charge in [0.15, 0.2) is 11.6 Å². The van der Waals surface area contributed by atoms with Crippen LogP contribution < -0.4 is 5.73 Å². The van der Waals surface area contributed by atoms with Crippen LogP contribution in [0.25, 0.3) is 16.7 Å². The first-order chi connectivity index (χ1) is 9.49. The van der Waals surface area contributed by atoms with Gasteiger partial charge in [-0.25, -0.2) is 18.2 Å². The summed E-state index contributed by atoms with van der Waals surface area (Å²) in [6.07, 6.45) is 0. The normalized spacial score (nSPS) is 11.2. The molecule has 0 bridgehead atoms. The van der Waals surface area contributed by atoms with E-state index in [1.807, 2.05) is 0 Å². The van der Waals surface area contributed by atoms with Gasteiger partial charge in [-0.1, -0.05) is 17.7 Å². The van der Waals surface area contributed by atoms with E-state index in [2.05, 4.69) is 4.98 Å². The van der Waals surface area contributed by atoms with Crippen molar-refractivity contribution in [3.8, 4) is 5.69 Å². The smallest absolute Gasteiger partial charge is 0.206 e. The first-order valence-electron chi connectivity index (χ1n) is 5.56. The number of hydrogen-bond donors (Lipinski definition) is 1. The number of hydrogen-bond acceptors (Lipinski definition) is 2. The summed E-state index contributed by atoms with van der Waals surface area (Å²) >= 11 is 6.04. The molecule has 0 aliphatic rings. The quantitative estimate of drug-likeness (QED) is 0.696. The van der Waals surface area contributed by atoms with Crippen LogP contribution in [0.3, 0.4) is 0 Å². The summed E-state index contributed by atoms with van der Waals surface area (Å²) < 4.78 is 41.4. The van der Waals surface area contributed by atoms with Crippen LogP contribution in [-0.4, -0.2) is 9.55 Å². The monoisotopic (exact) mass is 297 g/mol. The third-order valence-electron chi connectivity index (χ3n) is 2.88. The average Bonchev–Trinajstić information content (AvgIpc) is 2.71. The molecule has 0 fully saturated rings. The Hall–Kier alpha value is -2.21. The Morgan fingerprint density at radius 1 is 1.05 bits per heavy atom. The Morgan fingerprint density at radius 3 is 2.50 bits per heavy atom. The molecular weight excluding hydrogens is 291 g/mol. The molecule has 3 rings (SSSR count). The van der Waals surface area contributed by atoms with E-state index in [1.165, 1.54) is 0 Å². The van der Waals surface area contributed by atoms with Crippen LogP contribution in [0.15, 0.2) is 30.3 Å². The first kappa shape index (κ1) is 12.8. The summed E-state index contributed by atoms with van der Waals surface area (Å²) in [4.78, 5) is 4.02. The number of halogens is 4. The maximum absolute atomic E-state index is 13.9. The average molecular weight is 298 g/mol. The molecule has 1 aromatic heterocycles. The Labute approximate surface area is 116 Å². The van der Waals surface area contributed by atoms with Gasteiger partial charge < -0.3 is 5.73 Å². The van der Waals surface area contributed by atoms with Crippen LogP contribution in [-0.2, 0) is 0 Å². The summed E-state index contributed by atoms with van der Waals surface area (Å²) in [6.45, 7) is 0. The molecule has 1 heterocycles. The summed E-state index contributed by atoms with van der Waals surface area (Å²) in [5.74, 6) is -3.50. The molecule has 0 atom stereocenters. The molecular formula is C13H7ClF3N3. The highest BCUT2D eigenvalue weighted by Gasteiger charge is 2.18. The van der Waals surface area contributed by atoms with Crippen LogP contribution in [0.5, 0.6) is 0 Å². The fourth-order valence-corrected chi connectivity index (χ4v) is 2.28. The molecule has 0 unspecified atom stereocenters. The number of benzene rings is 2. The molecule has 0 saturated carbocycles. The van der Waals surface area contributed by atoms with Crippen LogP contribution >= 0.6 is 11.6 Å². The minimum absolute atomic E-state index is 0.0713. The summed E-state index contributed by atoms with van der Waals surface area (Å²) in [7, 11) is 0. The zero-order chi connectivity index (χ0) is 14.4. The van der Waals surface area contributed by atoms with E-state index in [1.54, 1.807) is 18.2 Å². The molecule has 20 heavy (non-hydrogen) atoms. The van der Waals surface area contributed by atoms with Gasteiger partial charge in [-0.3, -0.25) is 4.57 Å². The Balaban J connectivity index is 2.41. The van der Waals surface area contributed by atoms with Gasteiger partial charge in [-0.2, -0.15) is 0 Å². The van der Waals surface area contributed by atoms with Crippen molar-refractivity contribution in [2.75, 3.05) is 5.73 Å². The zero-order valence-corrected chi connectivity index (χ0v) is 10.6. The van der Waals surface area contributed by atoms with E-state index in [0.717, 1.165) is 4.57 Å². The Kier molecular flexibility index (Phi) is 2.83. The molecule has 0 aliphatic heterocycles. The molecule has 2 N–H and O–H groups in total. The summed E-state index contributed by atoms with van der Waals surface area (Å²) in [5.41, 5.74) is 6.23. The van der Waals surface area contributed by atoms with Gasteiger partial charge >= 0.3 is 0 Å². The second-order valence-corrected chi connectivity index (χ2v) is 4.54. The maximum Gasteiger partial charge on any atom is 0.206 e. The van der Waals surface area contributed by atoms with E-state index in [-0.39, 0.29) is 16.7 Å². The lowest BCUT2D eigenvalue weighted by molar-refractivity contribution is 0.493.